The van der Waals surface area contributed by atoms with Gasteiger partial charge in [0, 0.05) is 20.1 Å². The third-order valence-corrected chi connectivity index (χ3v) is 4.45. The fourth-order valence-electron chi connectivity index (χ4n) is 1.49. The minimum atomic E-state index is -0.515. The second-order valence-electron chi connectivity index (χ2n) is 4.18. The summed E-state index contributed by atoms with van der Waals surface area (Å²) in [6.45, 7) is 0.269. The Morgan fingerprint density at radius 1 is 1.10 bits per heavy atom. The molecule has 1 atom stereocenters. The fourth-order valence-corrected chi connectivity index (χ4v) is 2.69. The zero-order valence-corrected chi connectivity index (χ0v) is 13.8. The molecule has 2 nitrogen and oxygen atoms in total. The SMILES string of the molecule is OC(COc1ccc(Cl)cc1)CSc1ccc(Br)cc1. The Morgan fingerprint density at radius 3 is 2.40 bits per heavy atom. The predicted molar refractivity (Wildman–Crippen MR) is 87.8 cm³/mol. The Kier molecular flexibility index (Phi) is 6.23. The first-order valence-corrected chi connectivity index (χ1v) is 8.24. The predicted octanol–water partition coefficient (Wildman–Crippen LogP) is 4.63. The summed E-state index contributed by atoms with van der Waals surface area (Å²) in [6.07, 6.45) is -0.515. The number of aliphatic hydroxyl groups excluding tert-OH is 1. The molecular weight excluding hydrogens is 360 g/mol. The lowest BCUT2D eigenvalue weighted by Gasteiger charge is -2.12. The lowest BCUT2D eigenvalue weighted by molar-refractivity contribution is 0.126. The summed E-state index contributed by atoms with van der Waals surface area (Å²) in [5, 5.41) is 10.6. The maximum absolute atomic E-state index is 9.90. The maximum atomic E-state index is 9.90. The summed E-state index contributed by atoms with van der Waals surface area (Å²) in [5.41, 5.74) is 0. The van der Waals surface area contributed by atoms with E-state index in [0.717, 1.165) is 9.37 Å². The van der Waals surface area contributed by atoms with Crippen molar-refractivity contribution in [3.8, 4) is 5.75 Å². The van der Waals surface area contributed by atoms with Gasteiger partial charge in [-0.15, -0.1) is 11.8 Å². The third-order valence-electron chi connectivity index (χ3n) is 2.51. The maximum Gasteiger partial charge on any atom is 0.119 e. The summed E-state index contributed by atoms with van der Waals surface area (Å²) in [7, 11) is 0. The lowest BCUT2D eigenvalue weighted by Crippen LogP contribution is -2.19. The molecule has 0 aliphatic carbocycles. The van der Waals surface area contributed by atoms with E-state index in [0.29, 0.717) is 16.5 Å². The average molecular weight is 374 g/mol. The van der Waals surface area contributed by atoms with Gasteiger partial charge in [0.15, 0.2) is 0 Å². The zero-order valence-electron chi connectivity index (χ0n) is 10.6. The summed E-state index contributed by atoms with van der Waals surface area (Å²) in [4.78, 5) is 1.12. The number of aliphatic hydroxyl groups is 1. The normalized spacial score (nSPS) is 12.2. The molecule has 0 radical (unpaired) electrons. The Balaban J connectivity index is 1.73. The van der Waals surface area contributed by atoms with Crippen molar-refractivity contribution in [1.82, 2.24) is 0 Å². The molecule has 0 amide bonds. The van der Waals surface area contributed by atoms with E-state index in [1.807, 2.05) is 24.3 Å². The zero-order chi connectivity index (χ0) is 14.4. The minimum absolute atomic E-state index is 0.269. The van der Waals surface area contributed by atoms with Crippen molar-refractivity contribution in [2.75, 3.05) is 12.4 Å². The summed E-state index contributed by atoms with van der Waals surface area (Å²) in [6, 6.07) is 15.1. The van der Waals surface area contributed by atoms with Gasteiger partial charge in [-0.05, 0) is 48.5 Å². The summed E-state index contributed by atoms with van der Waals surface area (Å²) in [5.74, 6) is 1.30. The van der Waals surface area contributed by atoms with Crippen LogP contribution in [-0.2, 0) is 0 Å². The van der Waals surface area contributed by atoms with Crippen LogP contribution in [0, 0.1) is 0 Å². The smallest absolute Gasteiger partial charge is 0.119 e. The molecule has 2 aromatic rings. The van der Waals surface area contributed by atoms with Gasteiger partial charge in [-0.2, -0.15) is 0 Å². The highest BCUT2D eigenvalue weighted by Crippen LogP contribution is 2.22. The molecule has 1 N–H and O–H groups in total. The fraction of sp³-hybridized carbons (Fsp3) is 0.200. The van der Waals surface area contributed by atoms with Crippen molar-refractivity contribution in [3.05, 3.63) is 58.0 Å². The van der Waals surface area contributed by atoms with Crippen LogP contribution in [-0.4, -0.2) is 23.6 Å². The lowest BCUT2D eigenvalue weighted by atomic mass is 10.3. The molecule has 0 aliphatic rings. The second kappa shape index (κ2) is 7.93. The molecule has 0 spiro atoms. The Bertz CT molecular complexity index is 481. The van der Waals surface area contributed by atoms with Gasteiger partial charge in [-0.25, -0.2) is 0 Å². The molecule has 0 saturated carbocycles. The molecule has 5 heteroatoms. The van der Waals surface area contributed by atoms with Gasteiger partial charge in [0.25, 0.3) is 0 Å². The van der Waals surface area contributed by atoms with Crippen LogP contribution in [0.1, 0.15) is 0 Å². The van der Waals surface area contributed by atoms with E-state index in [2.05, 4.69) is 15.9 Å². The van der Waals surface area contributed by atoms with Crippen LogP contribution in [0.3, 0.4) is 0 Å². The number of benzene rings is 2. The third kappa shape index (κ3) is 5.37. The van der Waals surface area contributed by atoms with Crippen molar-refractivity contribution in [1.29, 1.82) is 0 Å². The molecule has 2 rings (SSSR count). The van der Waals surface area contributed by atoms with Gasteiger partial charge in [-0.3, -0.25) is 0 Å². The molecule has 0 heterocycles. The standard InChI is InChI=1S/C15H14BrClO2S/c16-11-1-7-15(8-2-11)20-10-13(18)9-19-14-5-3-12(17)4-6-14/h1-8,13,18H,9-10H2. The van der Waals surface area contributed by atoms with Crippen molar-refractivity contribution in [2.45, 2.75) is 11.0 Å². The van der Waals surface area contributed by atoms with E-state index in [9.17, 15) is 5.11 Å². The van der Waals surface area contributed by atoms with Crippen molar-refractivity contribution < 1.29 is 9.84 Å². The van der Waals surface area contributed by atoms with Crippen LogP contribution < -0.4 is 4.74 Å². The highest BCUT2D eigenvalue weighted by molar-refractivity contribution is 9.10. The number of ether oxygens (including phenoxy) is 1. The second-order valence-corrected chi connectivity index (χ2v) is 6.63. The van der Waals surface area contributed by atoms with E-state index in [4.69, 9.17) is 16.3 Å². The molecule has 0 fully saturated rings. The highest BCUT2D eigenvalue weighted by Gasteiger charge is 2.06. The van der Waals surface area contributed by atoms with Crippen molar-refractivity contribution >= 4 is 39.3 Å². The number of hydrogen-bond acceptors (Lipinski definition) is 3. The number of hydrogen-bond donors (Lipinski definition) is 1. The van der Waals surface area contributed by atoms with E-state index in [1.54, 1.807) is 36.0 Å². The van der Waals surface area contributed by atoms with E-state index >= 15 is 0 Å². The van der Waals surface area contributed by atoms with Crippen molar-refractivity contribution in [2.24, 2.45) is 0 Å². The summed E-state index contributed by atoms with van der Waals surface area (Å²) < 4.78 is 6.55. The van der Waals surface area contributed by atoms with Gasteiger partial charge in [0.05, 0.1) is 6.10 Å². The van der Waals surface area contributed by atoms with Crippen LogP contribution in [0.25, 0.3) is 0 Å². The summed E-state index contributed by atoms with van der Waals surface area (Å²) >= 11 is 10.8. The molecule has 0 saturated heterocycles. The van der Waals surface area contributed by atoms with E-state index in [1.165, 1.54) is 0 Å². The van der Waals surface area contributed by atoms with Gasteiger partial charge in [0.2, 0.25) is 0 Å². The van der Waals surface area contributed by atoms with Crippen LogP contribution in [0.5, 0.6) is 5.75 Å². The molecule has 20 heavy (non-hydrogen) atoms. The van der Waals surface area contributed by atoms with Gasteiger partial charge < -0.3 is 9.84 Å². The van der Waals surface area contributed by atoms with Gasteiger partial charge in [0.1, 0.15) is 12.4 Å². The molecule has 2 aromatic carbocycles. The number of thioether (sulfide) groups is 1. The number of rotatable bonds is 6. The Labute approximate surface area is 136 Å². The molecular formula is C15H14BrClO2S. The first-order chi connectivity index (χ1) is 9.63. The van der Waals surface area contributed by atoms with Crippen LogP contribution in [0.15, 0.2) is 57.9 Å². The first kappa shape index (κ1) is 15.7. The number of halogens is 2. The topological polar surface area (TPSA) is 29.5 Å². The van der Waals surface area contributed by atoms with Crippen LogP contribution in [0.2, 0.25) is 5.02 Å². The Hall–Kier alpha value is -0.680. The largest absolute Gasteiger partial charge is 0.491 e. The van der Waals surface area contributed by atoms with Crippen molar-refractivity contribution in [3.63, 3.8) is 0 Å². The minimum Gasteiger partial charge on any atom is -0.491 e. The van der Waals surface area contributed by atoms with Gasteiger partial charge >= 0.3 is 0 Å². The quantitative estimate of drug-likeness (QED) is 0.748. The molecule has 1 unspecified atom stereocenters. The van der Waals surface area contributed by atoms with Gasteiger partial charge in [-0.1, -0.05) is 27.5 Å². The first-order valence-electron chi connectivity index (χ1n) is 6.08. The van der Waals surface area contributed by atoms with E-state index in [-0.39, 0.29) is 6.61 Å². The van der Waals surface area contributed by atoms with Crippen LogP contribution in [0.4, 0.5) is 0 Å². The Morgan fingerprint density at radius 2 is 1.75 bits per heavy atom. The van der Waals surface area contributed by atoms with E-state index < -0.39 is 6.10 Å². The average Bonchev–Trinajstić information content (AvgIpc) is 2.46. The molecule has 0 aromatic heterocycles. The highest BCUT2D eigenvalue weighted by atomic mass is 79.9. The molecule has 106 valence electrons. The molecule has 0 aliphatic heterocycles. The monoisotopic (exact) mass is 372 g/mol. The van der Waals surface area contributed by atoms with Crippen LogP contribution >= 0.6 is 39.3 Å². The molecule has 0 bridgehead atoms.